The number of allylic oxidation sites excluding steroid dienone is 2. The second-order valence-corrected chi connectivity index (χ2v) is 25.8. The molecule has 83 heavy (non-hydrogen) atoms. The van der Waals surface area contributed by atoms with Crippen LogP contribution in [0.25, 0.3) is 12.2 Å². The highest BCUT2D eigenvalue weighted by Gasteiger charge is 2.56. The Kier molecular flexibility index (Phi) is 19.6. The van der Waals surface area contributed by atoms with Gasteiger partial charge in [0.1, 0.15) is 59.8 Å². The molecule has 26 nitrogen and oxygen atoms in total. The lowest BCUT2D eigenvalue weighted by atomic mass is 9.97. The Morgan fingerprint density at radius 1 is 0.614 bits per heavy atom. The molecule has 4 atom stereocenters. The van der Waals surface area contributed by atoms with Crippen LogP contribution in [0.1, 0.15) is 74.1 Å². The maximum Gasteiger partial charge on any atom is 0.358 e. The minimum atomic E-state index is -1.08. The summed E-state index contributed by atoms with van der Waals surface area (Å²) < 4.78 is 21.0. The number of nitrogens with one attached hydrogen (secondary N) is 4. The van der Waals surface area contributed by atoms with Gasteiger partial charge in [-0.3, -0.25) is 38.6 Å². The number of esters is 4. The maximum absolute atomic E-state index is 13.9. The van der Waals surface area contributed by atoms with Crippen molar-refractivity contribution in [1.82, 2.24) is 40.4 Å². The van der Waals surface area contributed by atoms with Crippen LogP contribution >= 0.6 is 68.9 Å². The van der Waals surface area contributed by atoms with Gasteiger partial charge in [-0.1, -0.05) is 22.5 Å². The predicted molar refractivity (Wildman–Crippen MR) is 312 cm³/mol. The van der Waals surface area contributed by atoms with Gasteiger partial charge in [-0.05, 0) is 78.7 Å². The number of ether oxygens (including phenoxy) is 4. The van der Waals surface area contributed by atoms with Crippen molar-refractivity contribution in [3.63, 3.8) is 0 Å². The SMILES string of the molecule is CO/N=C(/C(=O)N[C@@H]1C(=O)N2C(C(=O)OCOC(=O)C(C)(C)C)=C(/C=C\c3scnc3C)CS[C@H]12)c1csc(NCNc2nc(/C(=N\OC)C(=O)N[C@@H]3C(=O)N4C(C(=O)OCOC(=O)C(C)(C)C)=C(/C=C\c5scnc5C)CS[C@H]34)cs2)n1. The van der Waals surface area contributed by atoms with E-state index >= 15 is 0 Å². The van der Waals surface area contributed by atoms with Crippen molar-refractivity contribution in [3.05, 3.63) is 89.0 Å². The lowest BCUT2D eigenvalue weighted by Gasteiger charge is -2.49. The molecule has 4 aromatic rings. The molecule has 0 saturated carbocycles. The quantitative estimate of drug-likeness (QED) is 0.0257. The molecule has 32 heteroatoms. The third kappa shape index (κ3) is 14.1. The summed E-state index contributed by atoms with van der Waals surface area (Å²) >= 11 is 7.71. The fourth-order valence-electron chi connectivity index (χ4n) is 7.79. The number of aromatic nitrogens is 4. The Bertz CT molecular complexity index is 3180. The van der Waals surface area contributed by atoms with Gasteiger partial charge < -0.3 is 49.9 Å². The number of aryl methyl sites for hydroxylation is 2. The fourth-order valence-corrected chi connectivity index (χ4v) is 13.2. The lowest BCUT2D eigenvalue weighted by molar-refractivity contribution is -0.174. The van der Waals surface area contributed by atoms with E-state index in [-0.39, 0.29) is 52.4 Å². The number of rotatable bonds is 22. The number of carbonyl (C=O) groups is 8. The van der Waals surface area contributed by atoms with E-state index in [0.717, 1.165) is 43.8 Å². The second kappa shape index (κ2) is 26.4. The monoisotopic (exact) mass is 1250 g/mol. The van der Waals surface area contributed by atoms with Gasteiger partial charge in [-0.25, -0.2) is 29.5 Å². The van der Waals surface area contributed by atoms with Gasteiger partial charge in [0, 0.05) is 32.0 Å². The Labute approximate surface area is 499 Å². The average Bonchev–Trinajstić information content (AvgIpc) is 2.13. The molecule has 8 heterocycles. The van der Waals surface area contributed by atoms with Crippen LogP contribution in [-0.4, -0.2) is 157 Å². The number of hydrogen-bond acceptors (Lipinski definition) is 28. The number of anilines is 2. The largest absolute Gasteiger partial charge is 0.427 e. The zero-order valence-corrected chi connectivity index (χ0v) is 51.1. The summed E-state index contributed by atoms with van der Waals surface area (Å²) in [5, 5.41) is 21.8. The third-order valence-electron chi connectivity index (χ3n) is 12.1. The Hall–Kier alpha value is -7.52. The van der Waals surface area contributed by atoms with E-state index in [9.17, 15) is 38.4 Å². The van der Waals surface area contributed by atoms with Crippen LogP contribution in [0.3, 0.4) is 0 Å². The number of carbonyl (C=O) groups excluding carboxylic acids is 8. The molecule has 0 spiro atoms. The van der Waals surface area contributed by atoms with E-state index in [0.29, 0.717) is 21.4 Å². The van der Waals surface area contributed by atoms with Crippen LogP contribution in [0.2, 0.25) is 0 Å². The van der Waals surface area contributed by atoms with Gasteiger partial charge in [-0.2, -0.15) is 0 Å². The first kappa shape index (κ1) is 61.5. The highest BCUT2D eigenvalue weighted by molar-refractivity contribution is 8.00. The first-order valence-electron chi connectivity index (χ1n) is 24.9. The molecular weight excluding hydrogens is 1200 g/mol. The molecule has 2 saturated heterocycles. The highest BCUT2D eigenvalue weighted by atomic mass is 32.2. The highest BCUT2D eigenvalue weighted by Crippen LogP contribution is 2.43. The van der Waals surface area contributed by atoms with Crippen molar-refractivity contribution in [3.8, 4) is 0 Å². The molecule has 440 valence electrons. The van der Waals surface area contributed by atoms with Gasteiger partial charge in [0.15, 0.2) is 21.7 Å². The van der Waals surface area contributed by atoms with Crippen molar-refractivity contribution in [2.75, 3.05) is 56.6 Å². The minimum Gasteiger partial charge on any atom is -0.427 e. The first-order valence-corrected chi connectivity index (χ1v) is 30.6. The Morgan fingerprint density at radius 2 is 1.01 bits per heavy atom. The molecule has 2 fully saturated rings. The van der Waals surface area contributed by atoms with E-state index in [4.69, 9.17) is 28.6 Å². The van der Waals surface area contributed by atoms with Crippen LogP contribution in [-0.2, 0) is 67.0 Å². The molecule has 4 aliphatic rings. The molecule has 4 amide bonds. The van der Waals surface area contributed by atoms with E-state index in [1.165, 1.54) is 70.2 Å². The van der Waals surface area contributed by atoms with Crippen LogP contribution in [0.4, 0.5) is 10.3 Å². The normalized spacial score (nSPS) is 19.2. The molecule has 4 aromatic heterocycles. The van der Waals surface area contributed by atoms with E-state index in [1.807, 2.05) is 13.8 Å². The molecule has 0 unspecified atom stereocenters. The number of hydrogen-bond donors (Lipinski definition) is 4. The molecule has 0 bridgehead atoms. The summed E-state index contributed by atoms with van der Waals surface area (Å²) in [7, 11) is 2.50. The molecule has 4 aliphatic heterocycles. The molecule has 0 aliphatic carbocycles. The zero-order chi connectivity index (χ0) is 59.9. The molecule has 4 N–H and O–H groups in total. The minimum absolute atomic E-state index is 0.0539. The predicted octanol–water partition coefficient (Wildman–Crippen LogP) is 5.23. The summed E-state index contributed by atoms with van der Waals surface area (Å²) in [4.78, 5) is 139. The maximum atomic E-state index is 13.9. The topological polar surface area (TPSA) is 323 Å². The van der Waals surface area contributed by atoms with Gasteiger partial charge in [0.2, 0.25) is 13.6 Å². The van der Waals surface area contributed by atoms with E-state index < -0.39 is 94.8 Å². The van der Waals surface area contributed by atoms with Gasteiger partial charge >= 0.3 is 23.9 Å². The standard InChI is InChI=1S/C51H56N12O14S6/c1-24-30(82-20-54-24)13-11-26-15-78-42-34(40(66)62(42)36(26)44(68)74-22-76-46(70)50(3,4)5)58-38(64)32(60-72-9)28-17-80-48(56-28)52-19-53-49-57-29(18-81-49)33(61-73-10)39(65)59-35-41(67)63-37(45(69)75-23-77-47(71)51(6,7)8)27(16-79-43(35)63)12-14-31-25(2)55-21-83-31/h11-14,17-18,20-21,34-35,42-43H,15-16,19,22-23H2,1-10H3,(H,52,56)(H,53,57)(H,58,64)(H,59,65)/b13-11-,14-12-,60-32+,61-33+/t34-,35-,42-,43-/m1/s1. The van der Waals surface area contributed by atoms with E-state index in [2.05, 4.69) is 51.5 Å². The number of β-lactam (4-membered cyclic amide) rings is 2. The van der Waals surface area contributed by atoms with Gasteiger partial charge in [0.05, 0.1) is 39.9 Å². The van der Waals surface area contributed by atoms with Crippen molar-refractivity contribution in [2.45, 2.75) is 78.2 Å². The summed E-state index contributed by atoms with van der Waals surface area (Å²) in [5.41, 5.74) is 3.84. The fraction of sp³-hybridized carbons (Fsp3) is 0.412. The number of thioether (sulfide) groups is 2. The smallest absolute Gasteiger partial charge is 0.358 e. The van der Waals surface area contributed by atoms with Crippen molar-refractivity contribution < 1.29 is 67.0 Å². The summed E-state index contributed by atoms with van der Waals surface area (Å²) in [6.45, 7) is 12.3. The lowest BCUT2D eigenvalue weighted by Crippen LogP contribution is -2.71. The molecule has 8 rings (SSSR count). The van der Waals surface area contributed by atoms with E-state index in [1.54, 1.807) is 87.6 Å². The summed E-state index contributed by atoms with van der Waals surface area (Å²) in [6.07, 6.45) is 6.99. The van der Waals surface area contributed by atoms with Crippen LogP contribution in [0.15, 0.2) is 66.8 Å². The Balaban J connectivity index is 0.867. The van der Waals surface area contributed by atoms with Gasteiger partial charge in [-0.15, -0.1) is 68.9 Å². The van der Waals surface area contributed by atoms with Crippen molar-refractivity contribution in [2.24, 2.45) is 21.1 Å². The molecular formula is C51H56N12O14S6. The third-order valence-corrected chi connectivity index (χ3v) is 18.1. The van der Waals surface area contributed by atoms with Crippen LogP contribution in [0.5, 0.6) is 0 Å². The number of oxime groups is 2. The zero-order valence-electron chi connectivity index (χ0n) is 46.2. The van der Waals surface area contributed by atoms with Crippen LogP contribution in [0, 0.1) is 24.7 Å². The summed E-state index contributed by atoms with van der Waals surface area (Å²) in [5.74, 6) is -5.20. The first-order chi connectivity index (χ1) is 39.5. The number of nitrogens with zero attached hydrogens (tertiary/aromatic N) is 8. The number of thiazole rings is 4. The number of amides is 4. The Morgan fingerprint density at radius 3 is 1.36 bits per heavy atom. The molecule has 0 aromatic carbocycles. The molecule has 0 radical (unpaired) electrons. The van der Waals surface area contributed by atoms with Crippen LogP contribution < -0.4 is 21.3 Å². The second-order valence-electron chi connectivity index (χ2n) is 20.1. The van der Waals surface area contributed by atoms with Gasteiger partial charge in [0.25, 0.3) is 23.6 Å². The number of fused-ring (bicyclic) bond motifs is 2. The van der Waals surface area contributed by atoms with Crippen molar-refractivity contribution >= 4 is 150 Å². The average molecular weight is 1250 g/mol. The summed E-state index contributed by atoms with van der Waals surface area (Å²) in [6, 6.07) is -2.17. The van der Waals surface area contributed by atoms with Crippen molar-refractivity contribution in [1.29, 1.82) is 0 Å².